The maximum Gasteiger partial charge on any atom is 0.128 e. The molecule has 0 rings (SSSR count). The monoisotopic (exact) mass is 176 g/mol. The van der Waals surface area contributed by atoms with Crippen LogP contribution in [0.1, 0.15) is 13.3 Å². The Bertz CT molecular complexity index is 200. The molecular formula is C6H10NO5-. The second-order valence-corrected chi connectivity index (χ2v) is 2.78. The molecule has 0 aliphatic carbocycles. The lowest BCUT2D eigenvalue weighted by Crippen LogP contribution is -2.71. The van der Waals surface area contributed by atoms with Crippen LogP contribution >= 0.6 is 0 Å². The predicted octanol–water partition coefficient (Wildman–Crippen LogP) is -4.76. The Morgan fingerprint density at radius 3 is 2.25 bits per heavy atom. The Labute approximate surface area is 68.6 Å². The third kappa shape index (κ3) is 2.85. The molecule has 2 atom stereocenters. The lowest BCUT2D eigenvalue weighted by molar-refractivity contribution is -0.443. The molecule has 0 bridgehead atoms. The average Bonchev–Trinajstić information content (AvgIpc) is 1.85. The number of quaternary nitrogens is 1. The molecule has 0 aromatic rings. The smallest absolute Gasteiger partial charge is 0.128 e. The molecule has 70 valence electrons. The summed E-state index contributed by atoms with van der Waals surface area (Å²) in [5, 5.41) is 29.3. The van der Waals surface area contributed by atoms with Crippen LogP contribution in [0.25, 0.3) is 0 Å². The highest BCUT2D eigenvalue weighted by atomic mass is 16.4. The van der Waals surface area contributed by atoms with E-state index in [1.807, 2.05) is 0 Å². The summed E-state index contributed by atoms with van der Waals surface area (Å²) in [5.74, 6) is -3.23. The third-order valence-electron chi connectivity index (χ3n) is 1.42. The molecule has 0 aliphatic heterocycles. The second kappa shape index (κ2) is 3.51. The summed E-state index contributed by atoms with van der Waals surface area (Å²) >= 11 is 0. The van der Waals surface area contributed by atoms with Crippen molar-refractivity contribution in [3.8, 4) is 0 Å². The van der Waals surface area contributed by atoms with Gasteiger partial charge >= 0.3 is 0 Å². The van der Waals surface area contributed by atoms with E-state index in [9.17, 15) is 19.8 Å². The Hall–Kier alpha value is -1.14. The van der Waals surface area contributed by atoms with E-state index in [0.29, 0.717) is 0 Å². The highest BCUT2D eigenvalue weighted by Crippen LogP contribution is 2.08. The molecule has 0 aromatic carbocycles. The van der Waals surface area contributed by atoms with Gasteiger partial charge in [0.1, 0.15) is 11.6 Å². The van der Waals surface area contributed by atoms with Crippen molar-refractivity contribution in [2.24, 2.45) is 0 Å². The number of aliphatic hydroxyl groups is 1. The summed E-state index contributed by atoms with van der Waals surface area (Å²) in [4.78, 5) is 20.3. The molecule has 1 unspecified atom stereocenters. The van der Waals surface area contributed by atoms with Crippen LogP contribution in [0, 0.1) is 0 Å². The van der Waals surface area contributed by atoms with Gasteiger partial charge in [0, 0.05) is 6.42 Å². The second-order valence-electron chi connectivity index (χ2n) is 2.78. The molecule has 0 aliphatic rings. The van der Waals surface area contributed by atoms with Crippen LogP contribution in [0.5, 0.6) is 0 Å². The molecule has 6 nitrogen and oxygen atoms in total. The molecule has 0 heterocycles. The lowest BCUT2D eigenvalue weighted by atomic mass is 9.98. The number of carbonyl (C=O) groups excluding carboxylic acids is 2. The normalized spacial score (nSPS) is 17.9. The SMILES string of the molecule is CC(O)(C[C@H]([NH3+])C(=O)[O-])C(=O)[O-]. The predicted molar refractivity (Wildman–Crippen MR) is 31.9 cm³/mol. The summed E-state index contributed by atoms with van der Waals surface area (Å²) in [6.45, 7) is 0.948. The minimum atomic E-state index is -2.17. The number of hydrogen-bond acceptors (Lipinski definition) is 5. The van der Waals surface area contributed by atoms with Gasteiger partial charge in [0.2, 0.25) is 0 Å². The quantitative estimate of drug-likeness (QED) is 0.444. The summed E-state index contributed by atoms with van der Waals surface area (Å²) in [7, 11) is 0. The summed E-state index contributed by atoms with van der Waals surface area (Å²) in [6, 6.07) is -1.27. The van der Waals surface area contributed by atoms with Crippen LogP contribution in [0.2, 0.25) is 0 Å². The Morgan fingerprint density at radius 2 is 2.00 bits per heavy atom. The first kappa shape index (κ1) is 10.9. The summed E-state index contributed by atoms with van der Waals surface area (Å²) in [6.07, 6.45) is -0.530. The van der Waals surface area contributed by atoms with Crippen molar-refractivity contribution in [2.45, 2.75) is 25.0 Å². The zero-order chi connectivity index (χ0) is 9.94. The van der Waals surface area contributed by atoms with E-state index in [2.05, 4.69) is 5.73 Å². The van der Waals surface area contributed by atoms with E-state index in [0.717, 1.165) is 6.92 Å². The Morgan fingerprint density at radius 1 is 1.58 bits per heavy atom. The fraction of sp³-hybridized carbons (Fsp3) is 0.667. The van der Waals surface area contributed by atoms with E-state index in [1.165, 1.54) is 0 Å². The van der Waals surface area contributed by atoms with Crippen LogP contribution in [0.15, 0.2) is 0 Å². The number of carboxylic acid groups (broad SMARTS) is 2. The van der Waals surface area contributed by atoms with Gasteiger partial charge in [0.25, 0.3) is 0 Å². The maximum absolute atomic E-state index is 10.2. The van der Waals surface area contributed by atoms with Gasteiger partial charge in [-0.05, 0) is 6.92 Å². The average molecular weight is 176 g/mol. The first-order chi connectivity index (χ1) is 5.27. The van der Waals surface area contributed by atoms with Gasteiger partial charge in [-0.3, -0.25) is 0 Å². The molecule has 0 saturated heterocycles. The number of carboxylic acids is 2. The van der Waals surface area contributed by atoms with Gasteiger partial charge < -0.3 is 30.6 Å². The molecule has 0 amide bonds. The fourth-order valence-electron chi connectivity index (χ4n) is 0.646. The Kier molecular flexibility index (Phi) is 3.17. The van der Waals surface area contributed by atoms with Crippen LogP contribution in [-0.4, -0.2) is 28.7 Å². The molecule has 0 radical (unpaired) electrons. The Balaban J connectivity index is 4.24. The van der Waals surface area contributed by atoms with Crippen molar-refractivity contribution in [1.82, 2.24) is 0 Å². The summed E-state index contributed by atoms with van der Waals surface area (Å²) in [5.41, 5.74) is 0.918. The van der Waals surface area contributed by atoms with Crippen LogP contribution in [0.4, 0.5) is 0 Å². The van der Waals surface area contributed by atoms with Gasteiger partial charge in [-0.25, -0.2) is 0 Å². The summed E-state index contributed by atoms with van der Waals surface area (Å²) < 4.78 is 0. The zero-order valence-electron chi connectivity index (χ0n) is 6.57. The molecule has 0 spiro atoms. The van der Waals surface area contributed by atoms with Crippen molar-refractivity contribution >= 4 is 11.9 Å². The van der Waals surface area contributed by atoms with E-state index in [-0.39, 0.29) is 0 Å². The van der Waals surface area contributed by atoms with Crippen LogP contribution < -0.4 is 15.9 Å². The lowest BCUT2D eigenvalue weighted by Gasteiger charge is -2.25. The minimum absolute atomic E-state index is 0.530. The van der Waals surface area contributed by atoms with Gasteiger partial charge in [0.05, 0.1) is 11.9 Å². The fourth-order valence-corrected chi connectivity index (χ4v) is 0.646. The molecule has 12 heavy (non-hydrogen) atoms. The van der Waals surface area contributed by atoms with Crippen molar-refractivity contribution < 1.29 is 30.6 Å². The molecule has 0 fully saturated rings. The number of hydrogen-bond donors (Lipinski definition) is 2. The number of rotatable bonds is 4. The van der Waals surface area contributed by atoms with Gasteiger partial charge in [0.15, 0.2) is 0 Å². The van der Waals surface area contributed by atoms with E-state index >= 15 is 0 Å². The van der Waals surface area contributed by atoms with E-state index in [4.69, 9.17) is 5.11 Å². The molecule has 6 heteroatoms. The van der Waals surface area contributed by atoms with Gasteiger partial charge in [-0.1, -0.05) is 0 Å². The first-order valence-electron chi connectivity index (χ1n) is 3.25. The van der Waals surface area contributed by atoms with Crippen molar-refractivity contribution in [3.63, 3.8) is 0 Å². The molecule has 4 N–H and O–H groups in total. The largest absolute Gasteiger partial charge is 0.547 e. The van der Waals surface area contributed by atoms with E-state index < -0.39 is 30.0 Å². The van der Waals surface area contributed by atoms with Crippen LogP contribution in [0.3, 0.4) is 0 Å². The highest BCUT2D eigenvalue weighted by Gasteiger charge is 2.27. The standard InChI is InChI=1S/C6H11NO5/c1-6(12,5(10)11)2-3(7)4(8)9/h3,12H,2,7H2,1H3,(H,8,9)(H,10,11)/p-1/t3-,6?/m0/s1. The topological polar surface area (TPSA) is 128 Å². The maximum atomic E-state index is 10.2. The zero-order valence-corrected chi connectivity index (χ0v) is 6.57. The molecule has 0 aromatic heterocycles. The van der Waals surface area contributed by atoms with Crippen LogP contribution in [-0.2, 0) is 9.59 Å². The van der Waals surface area contributed by atoms with Crippen molar-refractivity contribution in [3.05, 3.63) is 0 Å². The minimum Gasteiger partial charge on any atom is -0.547 e. The first-order valence-corrected chi connectivity index (χ1v) is 3.25. The van der Waals surface area contributed by atoms with Crippen molar-refractivity contribution in [2.75, 3.05) is 0 Å². The van der Waals surface area contributed by atoms with Gasteiger partial charge in [-0.15, -0.1) is 0 Å². The molecule has 0 saturated carbocycles. The van der Waals surface area contributed by atoms with Crippen molar-refractivity contribution in [1.29, 1.82) is 0 Å². The number of aliphatic carboxylic acids is 2. The highest BCUT2D eigenvalue weighted by molar-refractivity contribution is 5.76. The number of carbonyl (C=O) groups is 2. The molecular weight excluding hydrogens is 166 g/mol. The van der Waals surface area contributed by atoms with E-state index in [1.54, 1.807) is 0 Å². The third-order valence-corrected chi connectivity index (χ3v) is 1.42. The van der Waals surface area contributed by atoms with Gasteiger partial charge in [-0.2, -0.15) is 0 Å².